The van der Waals surface area contributed by atoms with Crippen LogP contribution in [-0.2, 0) is 10.4 Å². The van der Waals surface area contributed by atoms with E-state index in [1.807, 2.05) is 0 Å². The highest BCUT2D eigenvalue weighted by molar-refractivity contribution is 6.35. The summed E-state index contributed by atoms with van der Waals surface area (Å²) in [7, 11) is 0. The summed E-state index contributed by atoms with van der Waals surface area (Å²) < 4.78 is 0. The zero-order valence-electron chi connectivity index (χ0n) is 7.84. The van der Waals surface area contributed by atoms with Crippen molar-refractivity contribution in [2.75, 3.05) is 0 Å². The van der Waals surface area contributed by atoms with Crippen LogP contribution in [0.1, 0.15) is 19.4 Å². The minimum Gasteiger partial charge on any atom is -0.378 e. The largest absolute Gasteiger partial charge is 0.378 e. The first kappa shape index (κ1) is 11.5. The lowest BCUT2D eigenvalue weighted by atomic mass is 9.92. The summed E-state index contributed by atoms with van der Waals surface area (Å²) >= 11 is 11.6. The molecular formula is C10H10Cl2O2. The Morgan fingerprint density at radius 2 is 2.00 bits per heavy atom. The molecule has 76 valence electrons. The number of benzene rings is 1. The molecule has 1 rings (SSSR count). The van der Waals surface area contributed by atoms with Gasteiger partial charge in [0, 0.05) is 15.6 Å². The second-order valence-corrected chi connectivity index (χ2v) is 4.10. The highest BCUT2D eigenvalue weighted by Crippen LogP contribution is 2.30. The van der Waals surface area contributed by atoms with Crippen molar-refractivity contribution in [2.45, 2.75) is 19.4 Å². The normalized spacial score (nSPS) is 14.9. The number of carbonyl (C=O) groups is 1. The van der Waals surface area contributed by atoms with Crippen molar-refractivity contribution in [2.24, 2.45) is 0 Å². The van der Waals surface area contributed by atoms with Gasteiger partial charge in [-0.1, -0.05) is 29.3 Å². The fourth-order valence-corrected chi connectivity index (χ4v) is 1.67. The molecule has 0 bridgehead atoms. The van der Waals surface area contributed by atoms with Crippen molar-refractivity contribution in [3.8, 4) is 0 Å². The molecular weight excluding hydrogens is 223 g/mol. The van der Waals surface area contributed by atoms with Crippen LogP contribution >= 0.6 is 23.2 Å². The van der Waals surface area contributed by atoms with E-state index in [-0.39, 0.29) is 10.8 Å². The average molecular weight is 233 g/mol. The molecule has 0 heterocycles. The Morgan fingerprint density at radius 3 is 2.43 bits per heavy atom. The Morgan fingerprint density at radius 1 is 1.43 bits per heavy atom. The SMILES string of the molecule is CC(=O)[C@](C)(O)c1ccc(Cl)cc1Cl. The number of Topliss-reactive ketones (excluding diaryl/α,β-unsaturated/α-hetero) is 1. The van der Waals surface area contributed by atoms with Gasteiger partial charge in [-0.25, -0.2) is 0 Å². The number of ketones is 1. The smallest absolute Gasteiger partial charge is 0.165 e. The van der Waals surface area contributed by atoms with Gasteiger partial charge in [0.05, 0.1) is 0 Å². The number of rotatable bonds is 2. The van der Waals surface area contributed by atoms with Crippen LogP contribution in [0.2, 0.25) is 10.0 Å². The summed E-state index contributed by atoms with van der Waals surface area (Å²) in [6.45, 7) is 2.72. The topological polar surface area (TPSA) is 37.3 Å². The summed E-state index contributed by atoms with van der Waals surface area (Å²) in [4.78, 5) is 11.2. The first-order valence-corrected chi connectivity index (χ1v) is 4.80. The molecule has 14 heavy (non-hydrogen) atoms. The molecule has 0 aliphatic rings. The molecule has 0 amide bonds. The molecule has 0 radical (unpaired) electrons. The van der Waals surface area contributed by atoms with Gasteiger partial charge in [-0.15, -0.1) is 0 Å². The monoisotopic (exact) mass is 232 g/mol. The van der Waals surface area contributed by atoms with Gasteiger partial charge in [0.1, 0.15) is 5.60 Å². The van der Waals surface area contributed by atoms with Crippen LogP contribution in [0.3, 0.4) is 0 Å². The van der Waals surface area contributed by atoms with E-state index in [0.717, 1.165) is 0 Å². The predicted octanol–water partition coefficient (Wildman–Crippen LogP) is 2.79. The Kier molecular flexibility index (Phi) is 3.20. The van der Waals surface area contributed by atoms with E-state index < -0.39 is 5.60 Å². The van der Waals surface area contributed by atoms with Gasteiger partial charge in [-0.05, 0) is 26.0 Å². The van der Waals surface area contributed by atoms with Crippen molar-refractivity contribution in [1.29, 1.82) is 0 Å². The van der Waals surface area contributed by atoms with E-state index >= 15 is 0 Å². The minimum absolute atomic E-state index is 0.290. The molecule has 1 atom stereocenters. The molecule has 0 saturated carbocycles. The summed E-state index contributed by atoms with van der Waals surface area (Å²) in [5.74, 6) is -0.360. The third kappa shape index (κ3) is 2.08. The van der Waals surface area contributed by atoms with Crippen LogP contribution in [0.25, 0.3) is 0 Å². The van der Waals surface area contributed by atoms with Crippen molar-refractivity contribution in [3.05, 3.63) is 33.8 Å². The first-order valence-electron chi connectivity index (χ1n) is 4.04. The van der Waals surface area contributed by atoms with E-state index in [0.29, 0.717) is 10.6 Å². The summed E-state index contributed by atoms with van der Waals surface area (Å²) in [5, 5.41) is 10.6. The van der Waals surface area contributed by atoms with Crippen LogP contribution in [0.4, 0.5) is 0 Å². The third-order valence-corrected chi connectivity index (χ3v) is 2.69. The maximum Gasteiger partial charge on any atom is 0.165 e. The van der Waals surface area contributed by atoms with E-state index in [9.17, 15) is 9.90 Å². The molecule has 0 spiro atoms. The average Bonchev–Trinajstić information content (AvgIpc) is 2.02. The number of halogens is 2. The Labute approximate surface area is 92.5 Å². The lowest BCUT2D eigenvalue weighted by molar-refractivity contribution is -0.134. The molecule has 1 N–H and O–H groups in total. The van der Waals surface area contributed by atoms with Gasteiger partial charge in [0.15, 0.2) is 5.78 Å². The van der Waals surface area contributed by atoms with Crippen LogP contribution in [-0.4, -0.2) is 10.9 Å². The second kappa shape index (κ2) is 3.89. The van der Waals surface area contributed by atoms with Gasteiger partial charge in [-0.3, -0.25) is 4.79 Å². The van der Waals surface area contributed by atoms with Crippen LogP contribution in [0, 0.1) is 0 Å². The fourth-order valence-electron chi connectivity index (χ4n) is 1.07. The van der Waals surface area contributed by atoms with Crippen LogP contribution < -0.4 is 0 Å². The van der Waals surface area contributed by atoms with Gasteiger partial charge in [0.2, 0.25) is 0 Å². The highest BCUT2D eigenvalue weighted by atomic mass is 35.5. The first-order chi connectivity index (χ1) is 6.35. The number of aliphatic hydroxyl groups is 1. The molecule has 0 aliphatic heterocycles. The zero-order valence-corrected chi connectivity index (χ0v) is 9.36. The van der Waals surface area contributed by atoms with E-state index in [2.05, 4.69) is 0 Å². The maximum absolute atomic E-state index is 11.2. The Bertz CT molecular complexity index is 372. The molecule has 1 aromatic carbocycles. The molecule has 4 heteroatoms. The fraction of sp³-hybridized carbons (Fsp3) is 0.300. The summed E-state index contributed by atoms with van der Waals surface area (Å²) in [6.07, 6.45) is 0. The lowest BCUT2D eigenvalue weighted by Gasteiger charge is -2.21. The van der Waals surface area contributed by atoms with E-state index in [1.54, 1.807) is 12.1 Å². The van der Waals surface area contributed by atoms with E-state index in [4.69, 9.17) is 23.2 Å². The molecule has 0 aliphatic carbocycles. The standard InChI is InChI=1S/C10H10Cl2O2/c1-6(13)10(2,14)8-4-3-7(11)5-9(8)12/h3-5,14H,1-2H3/t10-/m0/s1. The molecule has 0 saturated heterocycles. The van der Waals surface area contributed by atoms with Crippen molar-refractivity contribution >= 4 is 29.0 Å². The highest BCUT2D eigenvalue weighted by Gasteiger charge is 2.30. The van der Waals surface area contributed by atoms with Crippen LogP contribution in [0.5, 0.6) is 0 Å². The second-order valence-electron chi connectivity index (χ2n) is 3.25. The van der Waals surface area contributed by atoms with Crippen molar-refractivity contribution < 1.29 is 9.90 Å². The Balaban J connectivity index is 3.26. The molecule has 1 aromatic rings. The molecule has 0 aromatic heterocycles. The number of hydrogen-bond acceptors (Lipinski definition) is 2. The molecule has 0 fully saturated rings. The van der Waals surface area contributed by atoms with Gasteiger partial charge >= 0.3 is 0 Å². The van der Waals surface area contributed by atoms with Gasteiger partial charge < -0.3 is 5.11 Å². The molecule has 0 unspecified atom stereocenters. The predicted molar refractivity (Wildman–Crippen MR) is 56.7 cm³/mol. The van der Waals surface area contributed by atoms with Gasteiger partial charge in [-0.2, -0.15) is 0 Å². The van der Waals surface area contributed by atoms with Crippen LogP contribution in [0.15, 0.2) is 18.2 Å². The van der Waals surface area contributed by atoms with E-state index in [1.165, 1.54) is 19.9 Å². The maximum atomic E-state index is 11.2. The number of hydrogen-bond donors (Lipinski definition) is 1. The van der Waals surface area contributed by atoms with Crippen molar-refractivity contribution in [1.82, 2.24) is 0 Å². The number of carbonyl (C=O) groups excluding carboxylic acids is 1. The summed E-state index contributed by atoms with van der Waals surface area (Å²) in [6, 6.07) is 4.63. The minimum atomic E-state index is -1.55. The Hall–Kier alpha value is -0.570. The zero-order chi connectivity index (χ0) is 10.9. The summed E-state index contributed by atoms with van der Waals surface area (Å²) in [5.41, 5.74) is -1.18. The lowest BCUT2D eigenvalue weighted by Crippen LogP contribution is -2.30. The third-order valence-electron chi connectivity index (χ3n) is 2.14. The quantitative estimate of drug-likeness (QED) is 0.852. The molecule has 2 nitrogen and oxygen atoms in total. The van der Waals surface area contributed by atoms with Crippen molar-refractivity contribution in [3.63, 3.8) is 0 Å². The van der Waals surface area contributed by atoms with Gasteiger partial charge in [0.25, 0.3) is 0 Å².